The summed E-state index contributed by atoms with van der Waals surface area (Å²) in [6.45, 7) is 33.6. The summed E-state index contributed by atoms with van der Waals surface area (Å²) in [6.07, 6.45) is 1.03. The number of hydrogen-bond donors (Lipinski definition) is 0. The van der Waals surface area contributed by atoms with Crippen molar-refractivity contribution < 1.29 is 49.0 Å². The van der Waals surface area contributed by atoms with Crippen LogP contribution < -0.4 is 24.8 Å². The number of fused-ring (bicyclic) bond motifs is 3. The van der Waals surface area contributed by atoms with Gasteiger partial charge in [-0.3, -0.25) is 0 Å². The van der Waals surface area contributed by atoms with Gasteiger partial charge in [0.2, 0.25) is 0 Å². The second-order valence-electron chi connectivity index (χ2n) is 18.7. The van der Waals surface area contributed by atoms with Crippen LogP contribution in [0.3, 0.4) is 0 Å². The molecule has 1 aliphatic carbocycles. The molecule has 0 saturated heterocycles. The molecule has 0 saturated carbocycles. The number of halogens is 2. The molecule has 0 spiro atoms. The van der Waals surface area contributed by atoms with E-state index in [1.165, 1.54) is 99.8 Å². The maximum absolute atomic E-state index is 3.67. The Labute approximate surface area is 351 Å². The minimum absolute atomic E-state index is 0. The Hall–Kier alpha value is -2.44. The van der Waals surface area contributed by atoms with Crippen molar-refractivity contribution in [3.05, 3.63) is 158 Å². The van der Waals surface area contributed by atoms with Gasteiger partial charge < -0.3 is 24.8 Å². The van der Waals surface area contributed by atoms with Crippen molar-refractivity contribution in [3.8, 4) is 11.1 Å². The van der Waals surface area contributed by atoms with E-state index in [4.69, 9.17) is 0 Å². The molecule has 0 aromatic heterocycles. The van der Waals surface area contributed by atoms with Gasteiger partial charge in [-0.05, 0) is 28.4 Å². The zero-order valence-corrected chi connectivity index (χ0v) is 39.1. The van der Waals surface area contributed by atoms with Crippen molar-refractivity contribution in [1.29, 1.82) is 0 Å². The average molecular weight is 825 g/mol. The predicted octanol–water partition coefficient (Wildman–Crippen LogP) is 7.39. The maximum Gasteiger partial charge on any atom is -0.0632 e. The second-order valence-corrected chi connectivity index (χ2v) is 20.0. The van der Waals surface area contributed by atoms with Crippen molar-refractivity contribution in [2.75, 3.05) is 0 Å². The molecule has 0 nitrogen and oxygen atoms in total. The third-order valence-corrected chi connectivity index (χ3v) is 11.5. The Balaban J connectivity index is 0.000000295. The predicted molar refractivity (Wildman–Crippen MR) is 221 cm³/mol. The summed E-state index contributed by atoms with van der Waals surface area (Å²) < 4.78 is 1.42. The molecule has 5 aromatic carbocycles. The number of rotatable bonds is 2. The first kappa shape index (κ1) is 46.7. The van der Waals surface area contributed by atoms with Crippen LogP contribution in [0.25, 0.3) is 11.1 Å². The van der Waals surface area contributed by atoms with Gasteiger partial charge in [0.15, 0.2) is 0 Å². The Bertz CT molecular complexity index is 1820. The van der Waals surface area contributed by atoms with Gasteiger partial charge in [0.05, 0.1) is 0 Å². The van der Waals surface area contributed by atoms with Crippen LogP contribution in [0.5, 0.6) is 0 Å². The van der Waals surface area contributed by atoms with Crippen LogP contribution in [0, 0.1) is 26.8 Å². The third-order valence-electron chi connectivity index (χ3n) is 10.1. The SMILES string of the molecule is CC(C)(C)c1[c-]c2c(cc1)-c1ccc(C(C)(C)C)cc1C2.CC(C)(C)c1ccc([C](=[Zr+2])c2ccc(C(C)(C)C)cc2)cc1.Cc1cc(C)c(C)[cH-]1.[Cl-].[Cl-]. The van der Waals surface area contributed by atoms with Crippen LogP contribution in [-0.2, 0) is 52.3 Å². The van der Waals surface area contributed by atoms with Gasteiger partial charge in [0.25, 0.3) is 0 Å². The molecule has 0 unspecified atom stereocenters. The molecule has 0 heterocycles. The summed E-state index contributed by atoms with van der Waals surface area (Å²) in [6, 6.07) is 37.7. The largest absolute Gasteiger partial charge is 1.00 e. The van der Waals surface area contributed by atoms with Crippen molar-refractivity contribution in [2.24, 2.45) is 0 Å². The summed E-state index contributed by atoms with van der Waals surface area (Å²) in [4.78, 5) is 0. The molecule has 1 aliphatic rings. The number of aryl methyl sites for hydroxylation is 3. The first-order valence-corrected chi connectivity index (χ1v) is 19.9. The Morgan fingerprint density at radius 2 is 0.981 bits per heavy atom. The quantitative estimate of drug-likeness (QED) is 0.160. The summed E-state index contributed by atoms with van der Waals surface area (Å²) in [5, 5.41) is 0. The van der Waals surface area contributed by atoms with Crippen LogP contribution in [0.2, 0.25) is 0 Å². The smallest absolute Gasteiger partial charge is 0.0632 e. The summed E-state index contributed by atoms with van der Waals surface area (Å²) in [5.41, 5.74) is 18.8. The number of hydrogen-bond acceptors (Lipinski definition) is 0. The van der Waals surface area contributed by atoms with Crippen LogP contribution in [0.1, 0.15) is 144 Å². The van der Waals surface area contributed by atoms with Crippen molar-refractivity contribution >= 4 is 3.21 Å². The zero-order chi connectivity index (χ0) is 38.1. The first-order chi connectivity index (χ1) is 23.4. The molecule has 6 rings (SSSR count). The Kier molecular flexibility index (Phi) is 15.9. The van der Waals surface area contributed by atoms with Gasteiger partial charge in [-0.2, -0.15) is 46.5 Å². The molecule has 3 heteroatoms. The maximum atomic E-state index is 3.67. The van der Waals surface area contributed by atoms with E-state index in [2.05, 4.69) is 201 Å². The van der Waals surface area contributed by atoms with Crippen molar-refractivity contribution in [1.82, 2.24) is 0 Å². The van der Waals surface area contributed by atoms with E-state index >= 15 is 0 Å². The average Bonchev–Trinajstić information content (AvgIpc) is 3.55. The van der Waals surface area contributed by atoms with Crippen LogP contribution in [0.15, 0.2) is 91.0 Å². The molecule has 0 atom stereocenters. The third kappa shape index (κ3) is 12.3. The van der Waals surface area contributed by atoms with E-state index in [1.54, 1.807) is 0 Å². The summed E-state index contributed by atoms with van der Waals surface area (Å²) in [5.74, 6) is 0. The summed E-state index contributed by atoms with van der Waals surface area (Å²) in [7, 11) is 0. The number of benzene rings is 4. The molecular formula is C50H62Cl2Zr-2. The van der Waals surface area contributed by atoms with E-state index in [1.807, 2.05) is 0 Å². The van der Waals surface area contributed by atoms with E-state index in [9.17, 15) is 0 Å². The van der Waals surface area contributed by atoms with E-state index < -0.39 is 0 Å². The molecule has 0 fully saturated rings. The topological polar surface area (TPSA) is 0 Å². The molecule has 53 heavy (non-hydrogen) atoms. The fourth-order valence-electron chi connectivity index (χ4n) is 6.42. The molecule has 5 aromatic rings. The van der Waals surface area contributed by atoms with Crippen LogP contribution >= 0.6 is 0 Å². The van der Waals surface area contributed by atoms with Gasteiger partial charge >= 0.3 is 151 Å². The molecular weight excluding hydrogens is 763 g/mol. The fraction of sp³-hybridized carbons (Fsp3) is 0.400. The first-order valence-electron chi connectivity index (χ1n) is 18.7. The Morgan fingerprint density at radius 1 is 0.547 bits per heavy atom. The van der Waals surface area contributed by atoms with E-state index in [0.717, 1.165) is 6.42 Å². The van der Waals surface area contributed by atoms with E-state index in [-0.39, 0.29) is 46.5 Å². The Morgan fingerprint density at radius 3 is 1.34 bits per heavy atom. The second kappa shape index (κ2) is 18.0. The molecule has 0 amide bonds. The van der Waals surface area contributed by atoms with Gasteiger partial charge in [-0.25, -0.2) is 6.07 Å². The standard InChI is InChI=1S/C21H25.C21H26.C8H11.2ClH.Zr/c1-20(2,3)16-7-9-18-14(12-16)11-15-13-17(21(4,5)6)8-10-19(15)18;1-20(2,3)18-11-7-16(8-12-18)15-17-9-13-19(14-10-17)21(4,5)6;1-6-4-7(2)8(3)5-6;;;/h7-10,12H,11H2,1-6H3;7-14H,1-6H3;4-5H,1-3H3;2*1H;/q-1;;-1;;;+2/p-2. The van der Waals surface area contributed by atoms with Crippen molar-refractivity contribution in [3.63, 3.8) is 0 Å². The molecule has 0 bridgehead atoms. The molecule has 0 radical (unpaired) electrons. The van der Waals surface area contributed by atoms with Crippen LogP contribution in [-0.4, -0.2) is 3.21 Å². The van der Waals surface area contributed by atoms with Crippen molar-refractivity contribution in [2.45, 2.75) is 132 Å². The van der Waals surface area contributed by atoms with Gasteiger partial charge in [-0.15, -0.1) is 11.1 Å². The normalized spacial score (nSPS) is 12.2. The van der Waals surface area contributed by atoms with Gasteiger partial charge in [0, 0.05) is 0 Å². The molecule has 282 valence electrons. The minimum atomic E-state index is 0. The minimum Gasteiger partial charge on any atom is -1.00 e. The van der Waals surface area contributed by atoms with E-state index in [0.29, 0.717) is 0 Å². The van der Waals surface area contributed by atoms with Crippen LogP contribution in [0.4, 0.5) is 0 Å². The molecule has 0 aliphatic heterocycles. The fourth-order valence-corrected chi connectivity index (χ4v) is 7.24. The summed E-state index contributed by atoms with van der Waals surface area (Å²) >= 11 is 1.46. The monoisotopic (exact) mass is 822 g/mol. The van der Waals surface area contributed by atoms with Gasteiger partial charge in [0.1, 0.15) is 0 Å². The molecule has 0 N–H and O–H groups in total. The zero-order valence-electron chi connectivity index (χ0n) is 35.1. The van der Waals surface area contributed by atoms with Gasteiger partial charge in [-0.1, -0.05) is 86.1 Å².